The van der Waals surface area contributed by atoms with Crippen LogP contribution in [0.2, 0.25) is 0 Å². The Balaban J connectivity index is 3.06. The van der Waals surface area contributed by atoms with Gasteiger partial charge in [0.25, 0.3) is 0 Å². The van der Waals surface area contributed by atoms with Crippen LogP contribution in [0.4, 0.5) is 0 Å². The first kappa shape index (κ1) is 14.7. The summed E-state index contributed by atoms with van der Waals surface area (Å²) in [6.07, 6.45) is 2.00. The van der Waals surface area contributed by atoms with E-state index in [0.29, 0.717) is 13.1 Å². The van der Waals surface area contributed by atoms with Crippen molar-refractivity contribution in [3.63, 3.8) is 0 Å². The molecule has 0 saturated carbocycles. The maximum absolute atomic E-state index is 8.67. The predicted molar refractivity (Wildman–Crippen MR) is 73.3 cm³/mol. The first-order chi connectivity index (χ1) is 8.65. The van der Waals surface area contributed by atoms with Gasteiger partial charge in [-0.2, -0.15) is 5.26 Å². The standard InChI is InChI=1S/C13H18N2O2S/c1-15(6-5-14)9-10-7-12(17-3)13(18-4)8-11(10)16-2/h7-8H,6,9H2,1-4H3. The van der Waals surface area contributed by atoms with Crippen molar-refractivity contribution in [1.29, 1.82) is 5.26 Å². The summed E-state index contributed by atoms with van der Waals surface area (Å²) in [5.41, 5.74) is 1.02. The van der Waals surface area contributed by atoms with Crippen molar-refractivity contribution in [3.05, 3.63) is 17.7 Å². The van der Waals surface area contributed by atoms with Crippen LogP contribution in [-0.4, -0.2) is 39.0 Å². The summed E-state index contributed by atoms with van der Waals surface area (Å²) < 4.78 is 10.7. The van der Waals surface area contributed by atoms with Crippen LogP contribution >= 0.6 is 11.8 Å². The molecule has 0 aliphatic heterocycles. The van der Waals surface area contributed by atoms with Crippen LogP contribution in [0.1, 0.15) is 5.56 Å². The van der Waals surface area contributed by atoms with Gasteiger partial charge >= 0.3 is 0 Å². The Morgan fingerprint density at radius 1 is 1.28 bits per heavy atom. The van der Waals surface area contributed by atoms with Crippen LogP contribution in [0, 0.1) is 11.3 Å². The number of nitriles is 1. The van der Waals surface area contributed by atoms with E-state index >= 15 is 0 Å². The lowest BCUT2D eigenvalue weighted by atomic mass is 10.1. The molecule has 1 aromatic carbocycles. The van der Waals surface area contributed by atoms with Gasteiger partial charge in [0, 0.05) is 12.1 Å². The second kappa shape index (κ2) is 7.14. The second-order valence-electron chi connectivity index (χ2n) is 3.85. The van der Waals surface area contributed by atoms with Gasteiger partial charge in [-0.25, -0.2) is 0 Å². The zero-order valence-electron chi connectivity index (χ0n) is 11.2. The van der Waals surface area contributed by atoms with Gasteiger partial charge in [-0.15, -0.1) is 11.8 Å². The lowest BCUT2D eigenvalue weighted by Crippen LogP contribution is -2.18. The number of rotatable bonds is 6. The van der Waals surface area contributed by atoms with E-state index in [1.807, 2.05) is 30.3 Å². The number of thioether (sulfide) groups is 1. The molecule has 0 spiro atoms. The highest BCUT2D eigenvalue weighted by Gasteiger charge is 2.12. The number of methoxy groups -OCH3 is 2. The van der Waals surface area contributed by atoms with Crippen LogP contribution in [0.15, 0.2) is 17.0 Å². The minimum absolute atomic E-state index is 0.385. The third-order valence-corrected chi connectivity index (χ3v) is 3.33. The molecule has 0 atom stereocenters. The van der Waals surface area contributed by atoms with E-state index in [1.54, 1.807) is 26.0 Å². The Bertz CT molecular complexity index is 443. The Labute approximate surface area is 112 Å². The van der Waals surface area contributed by atoms with Gasteiger partial charge in [0.2, 0.25) is 0 Å². The van der Waals surface area contributed by atoms with E-state index < -0.39 is 0 Å². The molecule has 0 unspecified atom stereocenters. The van der Waals surface area contributed by atoms with Crippen LogP contribution in [-0.2, 0) is 6.54 Å². The van der Waals surface area contributed by atoms with Crippen molar-refractivity contribution in [3.8, 4) is 17.6 Å². The van der Waals surface area contributed by atoms with Gasteiger partial charge in [-0.1, -0.05) is 0 Å². The quantitative estimate of drug-likeness (QED) is 0.584. The van der Waals surface area contributed by atoms with Crippen molar-refractivity contribution >= 4 is 11.8 Å². The molecule has 0 radical (unpaired) electrons. The lowest BCUT2D eigenvalue weighted by Gasteiger charge is -2.17. The fourth-order valence-electron chi connectivity index (χ4n) is 1.68. The monoisotopic (exact) mass is 266 g/mol. The summed E-state index contributed by atoms with van der Waals surface area (Å²) in [7, 11) is 5.21. The molecule has 0 amide bonds. The lowest BCUT2D eigenvalue weighted by molar-refractivity contribution is 0.345. The number of nitrogens with zero attached hydrogens (tertiary/aromatic N) is 2. The Morgan fingerprint density at radius 3 is 2.44 bits per heavy atom. The highest BCUT2D eigenvalue weighted by atomic mass is 32.2. The number of ether oxygens (including phenoxy) is 2. The highest BCUT2D eigenvalue weighted by molar-refractivity contribution is 7.98. The molecule has 1 aromatic rings. The molecule has 18 heavy (non-hydrogen) atoms. The fourth-order valence-corrected chi connectivity index (χ4v) is 2.25. The molecular formula is C13H18N2O2S. The van der Waals surface area contributed by atoms with Crippen LogP contribution < -0.4 is 9.47 Å². The number of benzene rings is 1. The highest BCUT2D eigenvalue weighted by Crippen LogP contribution is 2.34. The van der Waals surface area contributed by atoms with Crippen LogP contribution in [0.3, 0.4) is 0 Å². The molecule has 0 aliphatic carbocycles. The first-order valence-corrected chi connectivity index (χ1v) is 6.73. The molecule has 0 N–H and O–H groups in total. The van der Waals surface area contributed by atoms with Crippen LogP contribution in [0.5, 0.6) is 11.5 Å². The largest absolute Gasteiger partial charge is 0.496 e. The van der Waals surface area contributed by atoms with Gasteiger partial charge in [0.05, 0.1) is 31.7 Å². The summed E-state index contributed by atoms with van der Waals surface area (Å²) in [5.74, 6) is 1.66. The summed E-state index contributed by atoms with van der Waals surface area (Å²) in [4.78, 5) is 2.97. The van der Waals surface area contributed by atoms with E-state index in [-0.39, 0.29) is 0 Å². The van der Waals surface area contributed by atoms with Gasteiger partial charge < -0.3 is 9.47 Å². The molecule has 0 saturated heterocycles. The first-order valence-electron chi connectivity index (χ1n) is 5.50. The molecule has 0 aromatic heterocycles. The van der Waals surface area contributed by atoms with E-state index in [0.717, 1.165) is 22.0 Å². The molecule has 0 heterocycles. The fraction of sp³-hybridized carbons (Fsp3) is 0.462. The average Bonchev–Trinajstić information content (AvgIpc) is 2.38. The normalized spacial score (nSPS) is 10.2. The summed E-state index contributed by atoms with van der Waals surface area (Å²) >= 11 is 1.62. The average molecular weight is 266 g/mol. The third-order valence-electron chi connectivity index (χ3n) is 2.57. The van der Waals surface area contributed by atoms with Gasteiger partial charge in [-0.05, 0) is 25.4 Å². The molecule has 0 fully saturated rings. The van der Waals surface area contributed by atoms with E-state index in [2.05, 4.69) is 6.07 Å². The van der Waals surface area contributed by atoms with Crippen molar-refractivity contribution in [1.82, 2.24) is 4.90 Å². The number of hydrogen-bond donors (Lipinski definition) is 0. The van der Waals surface area contributed by atoms with Crippen molar-refractivity contribution < 1.29 is 9.47 Å². The predicted octanol–water partition coefficient (Wildman–Crippen LogP) is 2.38. The number of hydrogen-bond acceptors (Lipinski definition) is 5. The SMILES string of the molecule is COc1cc(SC)c(OC)cc1CN(C)CC#N. The maximum Gasteiger partial charge on any atom is 0.132 e. The molecule has 5 heteroatoms. The molecule has 1 rings (SSSR count). The van der Waals surface area contributed by atoms with Crippen LogP contribution in [0.25, 0.3) is 0 Å². The zero-order valence-corrected chi connectivity index (χ0v) is 12.0. The van der Waals surface area contributed by atoms with Crippen molar-refractivity contribution in [2.45, 2.75) is 11.4 Å². The minimum atomic E-state index is 0.385. The van der Waals surface area contributed by atoms with Crippen molar-refractivity contribution in [2.24, 2.45) is 0 Å². The molecule has 0 bridgehead atoms. The summed E-state index contributed by atoms with van der Waals surface area (Å²) in [5, 5.41) is 8.67. The van der Waals surface area contributed by atoms with Gasteiger partial charge in [0.1, 0.15) is 11.5 Å². The van der Waals surface area contributed by atoms with Gasteiger partial charge in [0.15, 0.2) is 0 Å². The smallest absolute Gasteiger partial charge is 0.132 e. The minimum Gasteiger partial charge on any atom is -0.496 e. The van der Waals surface area contributed by atoms with E-state index in [9.17, 15) is 0 Å². The molecule has 0 aliphatic rings. The Morgan fingerprint density at radius 2 is 1.94 bits per heavy atom. The molecule has 98 valence electrons. The molecular weight excluding hydrogens is 248 g/mol. The van der Waals surface area contributed by atoms with E-state index in [1.165, 1.54) is 0 Å². The zero-order chi connectivity index (χ0) is 13.5. The molecule has 4 nitrogen and oxygen atoms in total. The van der Waals surface area contributed by atoms with Crippen molar-refractivity contribution in [2.75, 3.05) is 34.1 Å². The third kappa shape index (κ3) is 3.56. The summed E-state index contributed by atoms with van der Waals surface area (Å²) in [6.45, 7) is 1.04. The van der Waals surface area contributed by atoms with E-state index in [4.69, 9.17) is 14.7 Å². The Hall–Kier alpha value is -1.38. The van der Waals surface area contributed by atoms with Gasteiger partial charge in [-0.3, -0.25) is 4.90 Å². The topological polar surface area (TPSA) is 45.5 Å². The Kier molecular flexibility index (Phi) is 5.83. The summed E-state index contributed by atoms with van der Waals surface area (Å²) in [6, 6.07) is 6.07. The maximum atomic E-state index is 8.67. The second-order valence-corrected chi connectivity index (χ2v) is 4.70.